The molecule has 1 unspecified atom stereocenters. The minimum atomic E-state index is -0.0981. The molecule has 5 rings (SSSR count). The number of para-hydroxylation sites is 2. The highest BCUT2D eigenvalue weighted by molar-refractivity contribution is 8.19. The third-order valence-corrected chi connectivity index (χ3v) is 8.20. The molecule has 3 aromatic rings. The molecule has 3 aromatic carbocycles. The van der Waals surface area contributed by atoms with Gasteiger partial charge in [-0.05, 0) is 98.5 Å². The van der Waals surface area contributed by atoms with E-state index >= 15 is 0 Å². The molecule has 1 saturated heterocycles. The molecule has 6 heteroatoms. The van der Waals surface area contributed by atoms with Crippen LogP contribution in [0.15, 0.2) is 82.7 Å². The van der Waals surface area contributed by atoms with Crippen LogP contribution in [-0.4, -0.2) is 23.2 Å². The van der Waals surface area contributed by atoms with E-state index in [1.807, 2.05) is 66.7 Å². The second kappa shape index (κ2) is 9.79. The van der Waals surface area contributed by atoms with Gasteiger partial charge in [0.2, 0.25) is 0 Å². The molecule has 0 aromatic heterocycles. The fraction of sp³-hybridized carbons (Fsp3) is 0.267. The predicted octanol–water partition coefficient (Wildman–Crippen LogP) is 8.26. The number of hydrogen-bond acceptors (Lipinski definition) is 4. The fourth-order valence-corrected chi connectivity index (χ4v) is 6.54. The third kappa shape index (κ3) is 4.58. The summed E-state index contributed by atoms with van der Waals surface area (Å²) in [5.41, 5.74) is 5.00. The maximum absolute atomic E-state index is 13.7. The van der Waals surface area contributed by atoms with Gasteiger partial charge in [-0.25, -0.2) is 4.99 Å². The number of carbonyl (C=O) groups excluding carboxylic acids is 1. The van der Waals surface area contributed by atoms with Gasteiger partial charge >= 0.3 is 0 Å². The van der Waals surface area contributed by atoms with Crippen LogP contribution in [0.2, 0.25) is 5.02 Å². The summed E-state index contributed by atoms with van der Waals surface area (Å²) >= 11 is 8.22. The van der Waals surface area contributed by atoms with Gasteiger partial charge in [0.1, 0.15) is 0 Å². The Morgan fingerprint density at radius 1 is 1.08 bits per heavy atom. The summed E-state index contributed by atoms with van der Waals surface area (Å²) < 4.78 is 0. The fourth-order valence-electron chi connectivity index (χ4n) is 5.34. The Morgan fingerprint density at radius 2 is 1.75 bits per heavy atom. The molecule has 0 aliphatic carbocycles. The van der Waals surface area contributed by atoms with E-state index in [0.29, 0.717) is 21.0 Å². The third-order valence-electron chi connectivity index (χ3n) is 6.91. The molecule has 4 nitrogen and oxygen atoms in total. The number of carbonyl (C=O) groups is 1. The maximum Gasteiger partial charge on any atom is 0.271 e. The number of benzene rings is 3. The van der Waals surface area contributed by atoms with Crippen LogP contribution in [0, 0.1) is 0 Å². The molecule has 0 radical (unpaired) electrons. The van der Waals surface area contributed by atoms with Gasteiger partial charge in [0, 0.05) is 22.8 Å². The van der Waals surface area contributed by atoms with E-state index in [-0.39, 0.29) is 11.4 Å². The zero-order valence-electron chi connectivity index (χ0n) is 21.0. The lowest BCUT2D eigenvalue weighted by molar-refractivity contribution is -0.113. The molecule has 2 heterocycles. The Balaban J connectivity index is 1.57. The number of amidine groups is 1. The molecule has 1 fully saturated rings. The lowest BCUT2D eigenvalue weighted by atomic mass is 9.79. The molecule has 1 atom stereocenters. The van der Waals surface area contributed by atoms with Crippen molar-refractivity contribution in [2.45, 2.75) is 45.6 Å². The zero-order chi connectivity index (χ0) is 25.4. The summed E-state index contributed by atoms with van der Waals surface area (Å²) in [7, 11) is 0. The first-order chi connectivity index (χ1) is 17.3. The van der Waals surface area contributed by atoms with Crippen molar-refractivity contribution in [3.8, 4) is 0 Å². The largest absolute Gasteiger partial charge is 0.366 e. The first-order valence-electron chi connectivity index (χ1n) is 12.3. The lowest BCUT2D eigenvalue weighted by Crippen LogP contribution is -2.48. The van der Waals surface area contributed by atoms with Gasteiger partial charge in [0.15, 0.2) is 5.17 Å². The first-order valence-corrected chi connectivity index (χ1v) is 13.5. The number of anilines is 2. The predicted molar refractivity (Wildman–Crippen MR) is 155 cm³/mol. The number of hydrogen-bond donors (Lipinski definition) is 0. The highest BCUT2D eigenvalue weighted by Crippen LogP contribution is 2.46. The number of thioether (sulfide) groups is 1. The van der Waals surface area contributed by atoms with Crippen LogP contribution in [0.5, 0.6) is 0 Å². The van der Waals surface area contributed by atoms with E-state index < -0.39 is 0 Å². The molecular weight excluding hydrogens is 486 g/mol. The minimum absolute atomic E-state index is 0.0702. The number of aliphatic imine (C=N–C) groups is 1. The van der Waals surface area contributed by atoms with Gasteiger partial charge in [-0.3, -0.25) is 9.69 Å². The summed E-state index contributed by atoms with van der Waals surface area (Å²) in [4.78, 5) is 23.2. The topological polar surface area (TPSA) is 35.9 Å². The normalized spacial score (nSPS) is 21.4. The van der Waals surface area contributed by atoms with Crippen LogP contribution < -0.4 is 9.80 Å². The number of fused-ring (bicyclic) bond motifs is 1. The Hall–Kier alpha value is -3.02. The second-order valence-electron chi connectivity index (χ2n) is 9.91. The minimum Gasteiger partial charge on any atom is -0.366 e. The summed E-state index contributed by atoms with van der Waals surface area (Å²) in [5.74, 6) is 0.300. The quantitative estimate of drug-likeness (QED) is 0.328. The monoisotopic (exact) mass is 515 g/mol. The Kier molecular flexibility index (Phi) is 6.71. The van der Waals surface area contributed by atoms with Crippen LogP contribution in [0.25, 0.3) is 6.08 Å². The van der Waals surface area contributed by atoms with Crippen molar-refractivity contribution in [2.75, 3.05) is 16.3 Å². The van der Waals surface area contributed by atoms with Crippen molar-refractivity contribution in [3.63, 3.8) is 0 Å². The molecule has 0 N–H and O–H groups in total. The van der Waals surface area contributed by atoms with Crippen LogP contribution in [0.1, 0.15) is 51.2 Å². The van der Waals surface area contributed by atoms with Crippen molar-refractivity contribution in [1.29, 1.82) is 0 Å². The molecule has 0 bridgehead atoms. The van der Waals surface area contributed by atoms with Gasteiger partial charge in [0.25, 0.3) is 5.91 Å². The van der Waals surface area contributed by atoms with Crippen molar-refractivity contribution in [1.82, 2.24) is 0 Å². The van der Waals surface area contributed by atoms with E-state index in [9.17, 15) is 4.79 Å². The van der Waals surface area contributed by atoms with E-state index in [2.05, 4.69) is 44.7 Å². The molecule has 0 spiro atoms. The average molecular weight is 516 g/mol. The molecular formula is C30H30ClN3OS. The van der Waals surface area contributed by atoms with E-state index in [1.165, 1.54) is 23.0 Å². The molecule has 184 valence electrons. The van der Waals surface area contributed by atoms with Gasteiger partial charge in [0.05, 0.1) is 16.3 Å². The highest BCUT2D eigenvalue weighted by Gasteiger charge is 2.37. The van der Waals surface area contributed by atoms with Crippen molar-refractivity contribution in [2.24, 2.45) is 4.99 Å². The van der Waals surface area contributed by atoms with Crippen molar-refractivity contribution in [3.05, 3.63) is 93.9 Å². The Labute approximate surface area is 222 Å². The Morgan fingerprint density at radius 3 is 2.42 bits per heavy atom. The number of nitrogens with zero attached hydrogens (tertiary/aromatic N) is 3. The number of halogens is 1. The van der Waals surface area contributed by atoms with Gasteiger partial charge < -0.3 is 4.90 Å². The van der Waals surface area contributed by atoms with Crippen molar-refractivity contribution >= 4 is 57.6 Å². The second-order valence-corrected chi connectivity index (χ2v) is 11.3. The molecule has 2 aliphatic heterocycles. The average Bonchev–Trinajstić information content (AvgIpc) is 3.15. The summed E-state index contributed by atoms with van der Waals surface area (Å²) in [6, 6.07) is 23.6. The van der Waals surface area contributed by atoms with E-state index in [1.54, 1.807) is 4.90 Å². The smallest absolute Gasteiger partial charge is 0.271 e. The lowest BCUT2D eigenvalue weighted by Gasteiger charge is -2.47. The summed E-state index contributed by atoms with van der Waals surface area (Å²) in [6.07, 6.45) is 2.98. The van der Waals surface area contributed by atoms with E-state index in [4.69, 9.17) is 16.6 Å². The molecule has 36 heavy (non-hydrogen) atoms. The van der Waals surface area contributed by atoms with Gasteiger partial charge in [-0.2, -0.15) is 0 Å². The van der Waals surface area contributed by atoms with Crippen LogP contribution in [0.4, 0.5) is 17.1 Å². The SMILES string of the molecule is CCN1c2cc(Cl)c(/C=C3/SC(=Nc4ccccc4)N(c4ccccc4)C3=O)cc2C(C)CC1(C)C. The number of rotatable bonds is 4. The van der Waals surface area contributed by atoms with Gasteiger partial charge in [-0.1, -0.05) is 54.9 Å². The van der Waals surface area contributed by atoms with E-state index in [0.717, 1.165) is 29.9 Å². The summed E-state index contributed by atoms with van der Waals surface area (Å²) in [5, 5.41) is 1.28. The zero-order valence-corrected chi connectivity index (χ0v) is 22.6. The summed E-state index contributed by atoms with van der Waals surface area (Å²) in [6.45, 7) is 9.96. The van der Waals surface area contributed by atoms with Gasteiger partial charge in [-0.15, -0.1) is 0 Å². The number of amides is 1. The van der Waals surface area contributed by atoms with Crippen molar-refractivity contribution < 1.29 is 4.79 Å². The standard InChI is InChI=1S/C30H30ClN3OS/c1-5-33-26-18-25(31)21(16-24(26)20(2)19-30(33,3)4)17-27-28(35)34(23-14-10-7-11-15-23)29(36-27)32-22-12-8-6-9-13-22/h6-18,20H,5,19H2,1-4H3/b27-17+,32-29?. The maximum atomic E-state index is 13.7. The first kappa shape index (κ1) is 24.7. The molecule has 1 amide bonds. The molecule has 0 saturated carbocycles. The van der Waals surface area contributed by atoms with Crippen LogP contribution in [-0.2, 0) is 4.79 Å². The molecule has 2 aliphatic rings. The highest BCUT2D eigenvalue weighted by atomic mass is 35.5. The van der Waals surface area contributed by atoms with Crippen LogP contribution in [0.3, 0.4) is 0 Å². The Bertz CT molecular complexity index is 1350. The van der Waals surface area contributed by atoms with Crippen LogP contribution >= 0.6 is 23.4 Å².